The Balaban J connectivity index is 1.63. The highest BCUT2D eigenvalue weighted by atomic mass is 16.3. The summed E-state index contributed by atoms with van der Waals surface area (Å²) in [6.07, 6.45) is 2.14. The fourth-order valence-corrected chi connectivity index (χ4v) is 2.93. The summed E-state index contributed by atoms with van der Waals surface area (Å²) in [5, 5.41) is 4.38. The molecule has 1 aliphatic rings. The molecule has 21 heavy (non-hydrogen) atoms. The molecule has 0 radical (unpaired) electrons. The Morgan fingerprint density at radius 1 is 1.33 bits per heavy atom. The van der Waals surface area contributed by atoms with E-state index in [1.807, 2.05) is 35.2 Å². The number of hydrogen-bond acceptors (Lipinski definition) is 3. The number of piperidine rings is 1. The van der Waals surface area contributed by atoms with Crippen LogP contribution in [0.25, 0.3) is 11.0 Å². The molecule has 0 unspecified atom stereocenters. The van der Waals surface area contributed by atoms with Crippen molar-refractivity contribution in [2.24, 2.45) is 5.92 Å². The van der Waals surface area contributed by atoms with Gasteiger partial charge in [-0.05, 0) is 44.0 Å². The molecule has 4 nitrogen and oxygen atoms in total. The average Bonchev–Trinajstić information content (AvgIpc) is 2.96. The Bertz CT molecular complexity index is 579. The lowest BCUT2D eigenvalue weighted by molar-refractivity contribution is 0.0660. The number of nitrogens with zero attached hydrogens (tertiary/aromatic N) is 1. The number of nitrogens with one attached hydrogen (secondary N) is 1. The SMILES string of the molecule is CCNCC1CCN(C(=O)c2cc3ccccc3o2)CC1. The summed E-state index contributed by atoms with van der Waals surface area (Å²) in [5.74, 6) is 1.17. The van der Waals surface area contributed by atoms with E-state index in [9.17, 15) is 4.79 Å². The minimum Gasteiger partial charge on any atom is -0.451 e. The molecule has 0 bridgehead atoms. The molecule has 0 atom stereocenters. The number of carbonyl (C=O) groups is 1. The zero-order chi connectivity index (χ0) is 14.7. The van der Waals surface area contributed by atoms with Crippen LogP contribution in [-0.4, -0.2) is 37.0 Å². The summed E-state index contributed by atoms with van der Waals surface area (Å²) in [6.45, 7) is 5.85. The van der Waals surface area contributed by atoms with Crippen LogP contribution in [0.15, 0.2) is 34.7 Å². The van der Waals surface area contributed by atoms with Gasteiger partial charge < -0.3 is 14.6 Å². The number of benzene rings is 1. The Morgan fingerprint density at radius 2 is 2.10 bits per heavy atom. The summed E-state index contributed by atoms with van der Waals surface area (Å²) >= 11 is 0. The molecule has 2 heterocycles. The monoisotopic (exact) mass is 286 g/mol. The number of likely N-dealkylation sites (tertiary alicyclic amines) is 1. The van der Waals surface area contributed by atoms with Crippen molar-refractivity contribution in [3.8, 4) is 0 Å². The van der Waals surface area contributed by atoms with Crippen molar-refractivity contribution in [2.45, 2.75) is 19.8 Å². The first-order valence-electron chi connectivity index (χ1n) is 7.76. The molecule has 1 aromatic carbocycles. The first-order valence-corrected chi connectivity index (χ1v) is 7.76. The van der Waals surface area contributed by atoms with Crippen molar-refractivity contribution in [3.05, 3.63) is 36.1 Å². The number of rotatable bonds is 4. The van der Waals surface area contributed by atoms with Crippen molar-refractivity contribution in [1.82, 2.24) is 10.2 Å². The summed E-state index contributed by atoms with van der Waals surface area (Å²) in [6, 6.07) is 9.60. The first-order chi connectivity index (χ1) is 10.3. The Labute approximate surface area is 125 Å². The molecular weight excluding hydrogens is 264 g/mol. The number of hydrogen-bond donors (Lipinski definition) is 1. The van der Waals surface area contributed by atoms with Crippen LogP contribution < -0.4 is 5.32 Å². The molecule has 112 valence electrons. The van der Waals surface area contributed by atoms with E-state index >= 15 is 0 Å². The van der Waals surface area contributed by atoms with Crippen LogP contribution in [0.2, 0.25) is 0 Å². The van der Waals surface area contributed by atoms with Crippen LogP contribution in [0.1, 0.15) is 30.3 Å². The van der Waals surface area contributed by atoms with E-state index in [-0.39, 0.29) is 5.91 Å². The lowest BCUT2D eigenvalue weighted by Crippen LogP contribution is -2.40. The smallest absolute Gasteiger partial charge is 0.289 e. The maximum absolute atomic E-state index is 12.5. The molecule has 2 aromatic rings. The predicted molar refractivity (Wildman–Crippen MR) is 83.4 cm³/mol. The van der Waals surface area contributed by atoms with Crippen molar-refractivity contribution in [3.63, 3.8) is 0 Å². The minimum absolute atomic E-state index is 0.0214. The molecule has 1 saturated heterocycles. The van der Waals surface area contributed by atoms with Gasteiger partial charge in [0.1, 0.15) is 5.58 Å². The average molecular weight is 286 g/mol. The summed E-state index contributed by atoms with van der Waals surface area (Å²) in [7, 11) is 0. The highest BCUT2D eigenvalue weighted by Crippen LogP contribution is 2.23. The van der Waals surface area contributed by atoms with Crippen molar-refractivity contribution in [1.29, 1.82) is 0 Å². The van der Waals surface area contributed by atoms with Crippen LogP contribution in [0.5, 0.6) is 0 Å². The Morgan fingerprint density at radius 3 is 2.81 bits per heavy atom. The second-order valence-electron chi connectivity index (χ2n) is 5.69. The molecule has 1 fully saturated rings. The lowest BCUT2D eigenvalue weighted by atomic mass is 9.96. The molecule has 1 N–H and O–H groups in total. The molecule has 0 aliphatic carbocycles. The van der Waals surface area contributed by atoms with Gasteiger partial charge in [-0.15, -0.1) is 0 Å². The number of carbonyl (C=O) groups excluding carboxylic acids is 1. The Hall–Kier alpha value is -1.81. The maximum Gasteiger partial charge on any atom is 0.289 e. The van der Waals surface area contributed by atoms with Gasteiger partial charge in [0.05, 0.1) is 0 Å². The van der Waals surface area contributed by atoms with Crippen molar-refractivity contribution in [2.75, 3.05) is 26.2 Å². The van der Waals surface area contributed by atoms with E-state index in [4.69, 9.17) is 4.42 Å². The molecule has 0 saturated carbocycles. The van der Waals surface area contributed by atoms with Gasteiger partial charge in [0.2, 0.25) is 0 Å². The lowest BCUT2D eigenvalue weighted by Gasteiger charge is -2.31. The van der Waals surface area contributed by atoms with Crippen LogP contribution in [0, 0.1) is 5.92 Å². The summed E-state index contributed by atoms with van der Waals surface area (Å²) in [5.41, 5.74) is 0.780. The highest BCUT2D eigenvalue weighted by Gasteiger charge is 2.25. The van der Waals surface area contributed by atoms with Crippen molar-refractivity contribution < 1.29 is 9.21 Å². The van der Waals surface area contributed by atoms with Crippen LogP contribution >= 0.6 is 0 Å². The molecule has 1 aromatic heterocycles. The van der Waals surface area contributed by atoms with Gasteiger partial charge in [0, 0.05) is 18.5 Å². The topological polar surface area (TPSA) is 45.5 Å². The zero-order valence-corrected chi connectivity index (χ0v) is 12.5. The number of furan rings is 1. The quantitative estimate of drug-likeness (QED) is 0.940. The molecular formula is C17H22N2O2. The summed E-state index contributed by atoms with van der Waals surface area (Å²) in [4.78, 5) is 14.4. The predicted octanol–water partition coefficient (Wildman–Crippen LogP) is 2.89. The zero-order valence-electron chi connectivity index (χ0n) is 12.5. The van der Waals surface area contributed by atoms with Gasteiger partial charge in [-0.1, -0.05) is 25.1 Å². The highest BCUT2D eigenvalue weighted by molar-refractivity contribution is 5.96. The molecule has 1 amide bonds. The second kappa shape index (κ2) is 6.31. The van der Waals surface area contributed by atoms with Gasteiger partial charge in [0.25, 0.3) is 5.91 Å². The normalized spacial score (nSPS) is 16.5. The number of amides is 1. The molecule has 0 spiro atoms. The van der Waals surface area contributed by atoms with E-state index in [2.05, 4.69) is 12.2 Å². The largest absolute Gasteiger partial charge is 0.451 e. The van der Waals surface area contributed by atoms with E-state index in [0.29, 0.717) is 11.7 Å². The minimum atomic E-state index is 0.0214. The first kappa shape index (κ1) is 14.1. The third kappa shape index (κ3) is 3.10. The van der Waals surface area contributed by atoms with Gasteiger partial charge in [-0.3, -0.25) is 4.79 Å². The number of para-hydroxylation sites is 1. The maximum atomic E-state index is 12.5. The molecule has 1 aliphatic heterocycles. The van der Waals surface area contributed by atoms with E-state index < -0.39 is 0 Å². The van der Waals surface area contributed by atoms with Gasteiger partial charge in [-0.2, -0.15) is 0 Å². The Kier molecular flexibility index (Phi) is 4.25. The van der Waals surface area contributed by atoms with Crippen molar-refractivity contribution >= 4 is 16.9 Å². The van der Waals surface area contributed by atoms with E-state index in [1.165, 1.54) is 0 Å². The fraction of sp³-hybridized carbons (Fsp3) is 0.471. The molecule has 3 rings (SSSR count). The van der Waals surface area contributed by atoms with Crippen LogP contribution in [-0.2, 0) is 0 Å². The van der Waals surface area contributed by atoms with E-state index in [1.54, 1.807) is 0 Å². The van der Waals surface area contributed by atoms with Gasteiger partial charge in [0.15, 0.2) is 5.76 Å². The third-order valence-electron chi connectivity index (χ3n) is 4.22. The second-order valence-corrected chi connectivity index (χ2v) is 5.69. The molecule has 4 heteroatoms. The van der Waals surface area contributed by atoms with Gasteiger partial charge in [-0.25, -0.2) is 0 Å². The number of fused-ring (bicyclic) bond motifs is 1. The summed E-state index contributed by atoms with van der Waals surface area (Å²) < 4.78 is 5.67. The fourth-order valence-electron chi connectivity index (χ4n) is 2.93. The van der Waals surface area contributed by atoms with Crippen LogP contribution in [0.4, 0.5) is 0 Å². The van der Waals surface area contributed by atoms with Crippen LogP contribution in [0.3, 0.4) is 0 Å². The standard InChI is InChI=1S/C17H22N2O2/c1-2-18-12-13-7-9-19(10-8-13)17(20)16-11-14-5-3-4-6-15(14)21-16/h3-6,11,13,18H,2,7-10,12H2,1H3. The van der Waals surface area contributed by atoms with Gasteiger partial charge >= 0.3 is 0 Å². The van der Waals surface area contributed by atoms with E-state index in [0.717, 1.165) is 50.0 Å². The third-order valence-corrected chi connectivity index (χ3v) is 4.22.